The number of amides is 1. The lowest BCUT2D eigenvalue weighted by atomic mass is 10.2. The van der Waals surface area contributed by atoms with E-state index in [-0.39, 0.29) is 18.6 Å². The second-order valence-electron chi connectivity index (χ2n) is 2.98. The summed E-state index contributed by atoms with van der Waals surface area (Å²) in [4.78, 5) is 15.4. The van der Waals surface area contributed by atoms with Crippen LogP contribution in [-0.2, 0) is 0 Å². The van der Waals surface area contributed by atoms with Crippen molar-refractivity contribution in [3.8, 4) is 0 Å². The van der Waals surface area contributed by atoms with E-state index in [2.05, 4.69) is 10.3 Å². The van der Waals surface area contributed by atoms with E-state index in [0.717, 1.165) is 0 Å². The van der Waals surface area contributed by atoms with Crippen LogP contribution in [0, 0.1) is 0 Å². The van der Waals surface area contributed by atoms with E-state index in [0.29, 0.717) is 12.1 Å². The molecule has 0 bridgehead atoms. The van der Waals surface area contributed by atoms with E-state index < -0.39 is 0 Å². The Balaban J connectivity index is 2.59. The summed E-state index contributed by atoms with van der Waals surface area (Å²) < 4.78 is 0. The Labute approximate surface area is 83.0 Å². The van der Waals surface area contributed by atoms with Gasteiger partial charge in [-0.25, -0.2) is 0 Å². The zero-order valence-electron chi connectivity index (χ0n) is 8.10. The van der Waals surface area contributed by atoms with Crippen LogP contribution < -0.4 is 5.32 Å². The number of nitrogens with zero attached hydrogens (tertiary/aromatic N) is 1. The maximum Gasteiger partial charge on any atom is 0.270 e. The summed E-state index contributed by atoms with van der Waals surface area (Å²) in [7, 11) is 0. The molecule has 4 heteroatoms. The van der Waals surface area contributed by atoms with Gasteiger partial charge in [0.15, 0.2) is 0 Å². The fourth-order valence-corrected chi connectivity index (χ4v) is 1.03. The van der Waals surface area contributed by atoms with Gasteiger partial charge in [0.05, 0.1) is 12.6 Å². The predicted octanol–water partition coefficient (Wildman–Crippen LogP) is 0.582. The second kappa shape index (κ2) is 5.34. The molecule has 0 aliphatic rings. The Morgan fingerprint density at radius 3 is 2.93 bits per heavy atom. The van der Waals surface area contributed by atoms with Crippen molar-refractivity contribution in [2.75, 3.05) is 6.61 Å². The van der Waals surface area contributed by atoms with Crippen molar-refractivity contribution in [1.82, 2.24) is 10.3 Å². The van der Waals surface area contributed by atoms with Gasteiger partial charge in [-0.05, 0) is 18.6 Å². The standard InChI is InChI=1S/C10H14N2O2/c1-2-8(7-13)12-10(14)9-5-3-4-6-11-9/h3-6,8,13H,2,7H2,1H3,(H,12,14). The maximum absolute atomic E-state index is 11.5. The summed E-state index contributed by atoms with van der Waals surface area (Å²) in [6.45, 7) is 1.86. The molecular weight excluding hydrogens is 180 g/mol. The number of hydrogen-bond acceptors (Lipinski definition) is 3. The fraction of sp³-hybridized carbons (Fsp3) is 0.400. The fourth-order valence-electron chi connectivity index (χ4n) is 1.03. The van der Waals surface area contributed by atoms with Crippen LogP contribution in [0.3, 0.4) is 0 Å². The number of carbonyl (C=O) groups is 1. The highest BCUT2D eigenvalue weighted by atomic mass is 16.3. The van der Waals surface area contributed by atoms with Gasteiger partial charge in [-0.1, -0.05) is 13.0 Å². The summed E-state index contributed by atoms with van der Waals surface area (Å²) in [5.74, 6) is -0.244. The van der Waals surface area contributed by atoms with Gasteiger partial charge in [0.25, 0.3) is 5.91 Å². The normalized spacial score (nSPS) is 12.1. The third kappa shape index (κ3) is 2.81. The first-order chi connectivity index (χ1) is 6.77. The average molecular weight is 194 g/mol. The van der Waals surface area contributed by atoms with Crippen molar-refractivity contribution in [2.45, 2.75) is 19.4 Å². The highest BCUT2D eigenvalue weighted by Crippen LogP contribution is 1.96. The minimum Gasteiger partial charge on any atom is -0.394 e. The maximum atomic E-state index is 11.5. The van der Waals surface area contributed by atoms with Gasteiger partial charge in [-0.3, -0.25) is 9.78 Å². The van der Waals surface area contributed by atoms with Gasteiger partial charge in [0.2, 0.25) is 0 Å². The van der Waals surface area contributed by atoms with Crippen LogP contribution in [-0.4, -0.2) is 28.6 Å². The number of carbonyl (C=O) groups excluding carboxylic acids is 1. The Morgan fingerprint density at radius 2 is 2.43 bits per heavy atom. The summed E-state index contributed by atoms with van der Waals surface area (Å²) in [6.07, 6.45) is 2.27. The minimum absolute atomic E-state index is 0.0466. The van der Waals surface area contributed by atoms with E-state index in [1.807, 2.05) is 6.92 Å². The largest absolute Gasteiger partial charge is 0.394 e. The summed E-state index contributed by atoms with van der Waals surface area (Å²) in [5, 5.41) is 11.6. The third-order valence-corrected chi connectivity index (χ3v) is 1.95. The number of aromatic nitrogens is 1. The van der Waals surface area contributed by atoms with Crippen molar-refractivity contribution < 1.29 is 9.90 Å². The average Bonchev–Trinajstić information content (AvgIpc) is 2.26. The second-order valence-corrected chi connectivity index (χ2v) is 2.98. The highest BCUT2D eigenvalue weighted by Gasteiger charge is 2.11. The zero-order valence-corrected chi connectivity index (χ0v) is 8.10. The van der Waals surface area contributed by atoms with Crippen molar-refractivity contribution in [3.63, 3.8) is 0 Å². The Kier molecular flexibility index (Phi) is 4.07. The molecule has 2 N–H and O–H groups in total. The monoisotopic (exact) mass is 194 g/mol. The summed E-state index contributed by atoms with van der Waals surface area (Å²) >= 11 is 0. The lowest BCUT2D eigenvalue weighted by Crippen LogP contribution is -2.37. The number of nitrogens with one attached hydrogen (secondary N) is 1. The van der Waals surface area contributed by atoms with Crippen LogP contribution in [0.4, 0.5) is 0 Å². The Bertz CT molecular complexity index is 283. The SMILES string of the molecule is CCC(CO)NC(=O)c1ccccn1. The molecule has 14 heavy (non-hydrogen) atoms. The van der Waals surface area contributed by atoms with Crippen LogP contribution >= 0.6 is 0 Å². The molecule has 1 heterocycles. The molecule has 1 aromatic heterocycles. The van der Waals surface area contributed by atoms with Crippen LogP contribution in [0.2, 0.25) is 0 Å². The van der Waals surface area contributed by atoms with Crippen molar-refractivity contribution in [2.24, 2.45) is 0 Å². The predicted molar refractivity (Wildman–Crippen MR) is 52.9 cm³/mol. The van der Waals surface area contributed by atoms with Crippen molar-refractivity contribution in [1.29, 1.82) is 0 Å². The first-order valence-corrected chi connectivity index (χ1v) is 4.60. The van der Waals surface area contributed by atoms with Crippen LogP contribution in [0.15, 0.2) is 24.4 Å². The molecule has 1 atom stereocenters. The van der Waals surface area contributed by atoms with Gasteiger partial charge >= 0.3 is 0 Å². The van der Waals surface area contributed by atoms with Gasteiger partial charge in [0.1, 0.15) is 5.69 Å². The molecule has 76 valence electrons. The molecule has 0 fully saturated rings. The lowest BCUT2D eigenvalue weighted by Gasteiger charge is -2.13. The molecule has 0 saturated heterocycles. The quantitative estimate of drug-likeness (QED) is 0.737. The van der Waals surface area contributed by atoms with E-state index in [1.54, 1.807) is 24.4 Å². The molecule has 0 spiro atoms. The van der Waals surface area contributed by atoms with E-state index in [9.17, 15) is 4.79 Å². The molecule has 0 saturated carbocycles. The first-order valence-electron chi connectivity index (χ1n) is 4.60. The molecule has 1 amide bonds. The van der Waals surface area contributed by atoms with Crippen molar-refractivity contribution in [3.05, 3.63) is 30.1 Å². The van der Waals surface area contributed by atoms with Crippen molar-refractivity contribution >= 4 is 5.91 Å². The summed E-state index contributed by atoms with van der Waals surface area (Å²) in [6, 6.07) is 4.95. The van der Waals surface area contributed by atoms with Crippen LogP contribution in [0.25, 0.3) is 0 Å². The van der Waals surface area contributed by atoms with Crippen LogP contribution in [0.5, 0.6) is 0 Å². The Hall–Kier alpha value is -1.42. The van der Waals surface area contributed by atoms with E-state index in [4.69, 9.17) is 5.11 Å². The number of rotatable bonds is 4. The Morgan fingerprint density at radius 1 is 1.64 bits per heavy atom. The summed E-state index contributed by atoms with van der Waals surface area (Å²) in [5.41, 5.74) is 0.374. The molecule has 1 aromatic rings. The third-order valence-electron chi connectivity index (χ3n) is 1.95. The zero-order chi connectivity index (χ0) is 10.4. The minimum atomic E-state index is -0.244. The van der Waals surface area contributed by atoms with Gasteiger partial charge in [0, 0.05) is 6.20 Å². The molecule has 1 rings (SSSR count). The van der Waals surface area contributed by atoms with Gasteiger partial charge in [-0.15, -0.1) is 0 Å². The van der Waals surface area contributed by atoms with Crippen LogP contribution in [0.1, 0.15) is 23.8 Å². The number of pyridine rings is 1. The number of aliphatic hydroxyl groups is 1. The first kappa shape index (κ1) is 10.7. The molecular formula is C10H14N2O2. The van der Waals surface area contributed by atoms with Gasteiger partial charge < -0.3 is 10.4 Å². The number of hydrogen-bond donors (Lipinski definition) is 2. The molecule has 1 unspecified atom stereocenters. The van der Waals surface area contributed by atoms with E-state index >= 15 is 0 Å². The topological polar surface area (TPSA) is 62.2 Å². The number of aliphatic hydroxyl groups excluding tert-OH is 1. The molecule has 0 radical (unpaired) electrons. The van der Waals surface area contributed by atoms with E-state index in [1.165, 1.54) is 0 Å². The highest BCUT2D eigenvalue weighted by molar-refractivity contribution is 5.92. The molecule has 0 aliphatic carbocycles. The molecule has 0 aliphatic heterocycles. The lowest BCUT2D eigenvalue weighted by molar-refractivity contribution is 0.0910. The van der Waals surface area contributed by atoms with Gasteiger partial charge in [-0.2, -0.15) is 0 Å². The smallest absolute Gasteiger partial charge is 0.270 e. The molecule has 4 nitrogen and oxygen atoms in total. The molecule has 0 aromatic carbocycles.